The standard InChI is InChI=1S/C42H34N2O2/c45-41-35-23-13-14-24-36(35)42(46)40-38(44(29-33-19-9-3-10-20-33)30-34-21-11-4-12-22-34)26-25-37(39(40)41)43(27-31-15-5-1-6-16-31)28-32-17-7-2-8-18-32/h1-26H,27-30H2. The molecule has 0 saturated carbocycles. The van der Waals surface area contributed by atoms with Gasteiger partial charge in [-0.1, -0.05) is 146 Å². The van der Waals surface area contributed by atoms with E-state index >= 15 is 0 Å². The molecular formula is C42H34N2O2. The zero-order valence-electron chi connectivity index (χ0n) is 25.6. The zero-order valence-corrected chi connectivity index (χ0v) is 25.6. The fourth-order valence-electron chi connectivity index (χ4n) is 6.38. The van der Waals surface area contributed by atoms with Gasteiger partial charge in [0.2, 0.25) is 0 Å². The molecule has 0 aromatic heterocycles. The molecule has 0 N–H and O–H groups in total. The first-order chi connectivity index (χ1) is 22.7. The van der Waals surface area contributed by atoms with Crippen molar-refractivity contribution in [2.45, 2.75) is 26.2 Å². The molecule has 0 bridgehead atoms. The van der Waals surface area contributed by atoms with Crippen molar-refractivity contribution < 1.29 is 9.59 Å². The van der Waals surface area contributed by atoms with Crippen LogP contribution in [0.3, 0.4) is 0 Å². The second-order valence-electron chi connectivity index (χ2n) is 11.7. The molecule has 0 heterocycles. The third-order valence-corrected chi connectivity index (χ3v) is 8.58. The molecule has 0 saturated heterocycles. The van der Waals surface area contributed by atoms with Crippen molar-refractivity contribution in [2.75, 3.05) is 9.80 Å². The normalized spacial score (nSPS) is 11.9. The lowest BCUT2D eigenvalue weighted by molar-refractivity contribution is 0.0979. The summed E-state index contributed by atoms with van der Waals surface area (Å²) in [4.78, 5) is 33.6. The van der Waals surface area contributed by atoms with Crippen molar-refractivity contribution >= 4 is 22.9 Å². The molecule has 4 nitrogen and oxygen atoms in total. The van der Waals surface area contributed by atoms with E-state index in [1.807, 2.05) is 97.1 Å². The van der Waals surface area contributed by atoms with Crippen LogP contribution in [-0.4, -0.2) is 11.6 Å². The lowest BCUT2D eigenvalue weighted by Crippen LogP contribution is -2.31. The Balaban J connectivity index is 1.42. The number of rotatable bonds is 10. The maximum atomic E-state index is 14.6. The summed E-state index contributed by atoms with van der Waals surface area (Å²) in [6.45, 7) is 2.34. The van der Waals surface area contributed by atoms with Crippen LogP contribution in [-0.2, 0) is 26.2 Å². The van der Waals surface area contributed by atoms with Crippen LogP contribution < -0.4 is 9.80 Å². The summed E-state index contributed by atoms with van der Waals surface area (Å²) in [7, 11) is 0. The van der Waals surface area contributed by atoms with Crippen LogP contribution in [0, 0.1) is 0 Å². The van der Waals surface area contributed by atoms with Crippen LogP contribution in [0.5, 0.6) is 0 Å². The summed E-state index contributed by atoms with van der Waals surface area (Å²) in [6, 6.07) is 52.4. The number of carbonyl (C=O) groups excluding carboxylic acids is 2. The van der Waals surface area contributed by atoms with Gasteiger partial charge in [0, 0.05) is 48.7 Å². The highest BCUT2D eigenvalue weighted by Crippen LogP contribution is 2.41. The first-order valence-electron chi connectivity index (χ1n) is 15.7. The van der Waals surface area contributed by atoms with E-state index in [0.29, 0.717) is 48.4 Å². The van der Waals surface area contributed by atoms with E-state index in [9.17, 15) is 9.59 Å². The van der Waals surface area contributed by atoms with Crippen LogP contribution in [0.2, 0.25) is 0 Å². The van der Waals surface area contributed by atoms with Gasteiger partial charge in [-0.25, -0.2) is 0 Å². The minimum absolute atomic E-state index is 0.118. The van der Waals surface area contributed by atoms with Crippen LogP contribution in [0.1, 0.15) is 54.1 Å². The second kappa shape index (κ2) is 13.1. The Bertz CT molecular complexity index is 1750. The van der Waals surface area contributed by atoms with E-state index in [-0.39, 0.29) is 11.6 Å². The molecule has 6 aromatic carbocycles. The molecule has 7 rings (SSSR count). The zero-order chi connectivity index (χ0) is 31.3. The molecular weight excluding hydrogens is 564 g/mol. The minimum atomic E-state index is -0.118. The SMILES string of the molecule is O=C1c2ccccc2C(=O)c2c(N(Cc3ccccc3)Cc3ccccc3)ccc(N(Cc3ccccc3)Cc3ccccc3)c21. The Morgan fingerprint density at radius 1 is 0.326 bits per heavy atom. The van der Waals surface area contributed by atoms with E-state index in [1.165, 1.54) is 0 Å². The maximum Gasteiger partial charge on any atom is 0.196 e. The summed E-state index contributed by atoms with van der Waals surface area (Å²) < 4.78 is 0. The van der Waals surface area contributed by atoms with Gasteiger partial charge in [0.15, 0.2) is 11.6 Å². The molecule has 4 heteroatoms. The Morgan fingerprint density at radius 2 is 0.587 bits per heavy atom. The molecule has 224 valence electrons. The third-order valence-electron chi connectivity index (χ3n) is 8.58. The molecule has 0 aliphatic heterocycles. The van der Waals surface area contributed by atoms with E-state index in [4.69, 9.17) is 0 Å². The molecule has 0 unspecified atom stereocenters. The van der Waals surface area contributed by atoms with Gasteiger partial charge in [-0.15, -0.1) is 0 Å². The first-order valence-corrected chi connectivity index (χ1v) is 15.7. The molecule has 1 aliphatic carbocycles. The van der Waals surface area contributed by atoms with Crippen molar-refractivity contribution in [2.24, 2.45) is 0 Å². The molecule has 0 spiro atoms. The number of nitrogens with zero attached hydrogens (tertiary/aromatic N) is 2. The van der Waals surface area contributed by atoms with E-state index in [1.54, 1.807) is 12.1 Å². The highest BCUT2D eigenvalue weighted by atomic mass is 16.1. The summed E-state index contributed by atoms with van der Waals surface area (Å²) in [6.07, 6.45) is 0. The monoisotopic (exact) mass is 598 g/mol. The average molecular weight is 599 g/mol. The highest BCUT2D eigenvalue weighted by molar-refractivity contribution is 6.32. The van der Waals surface area contributed by atoms with Gasteiger partial charge < -0.3 is 9.80 Å². The fraction of sp³-hybridized carbons (Fsp3) is 0.0952. The molecule has 0 amide bonds. The quantitative estimate of drug-likeness (QED) is 0.158. The molecule has 0 radical (unpaired) electrons. The number of carbonyl (C=O) groups is 2. The number of anilines is 2. The van der Waals surface area contributed by atoms with Crippen molar-refractivity contribution in [3.8, 4) is 0 Å². The lowest BCUT2D eigenvalue weighted by atomic mass is 9.81. The van der Waals surface area contributed by atoms with Crippen molar-refractivity contribution in [3.63, 3.8) is 0 Å². The number of ketones is 2. The maximum absolute atomic E-state index is 14.6. The van der Waals surface area contributed by atoms with Gasteiger partial charge in [-0.3, -0.25) is 9.59 Å². The Kier molecular flexibility index (Phi) is 8.25. The second-order valence-corrected chi connectivity index (χ2v) is 11.7. The summed E-state index contributed by atoms with van der Waals surface area (Å²) in [5.41, 5.74) is 7.88. The van der Waals surface area contributed by atoms with Gasteiger partial charge in [0.25, 0.3) is 0 Å². The molecule has 6 aromatic rings. The van der Waals surface area contributed by atoms with Gasteiger partial charge in [-0.2, -0.15) is 0 Å². The molecule has 0 fully saturated rings. The average Bonchev–Trinajstić information content (AvgIpc) is 3.11. The van der Waals surface area contributed by atoms with Gasteiger partial charge >= 0.3 is 0 Å². The van der Waals surface area contributed by atoms with Gasteiger partial charge in [0.05, 0.1) is 11.1 Å². The fourth-order valence-corrected chi connectivity index (χ4v) is 6.38. The predicted octanol–water partition coefficient (Wildman–Crippen LogP) is 8.88. The predicted molar refractivity (Wildman–Crippen MR) is 185 cm³/mol. The molecule has 46 heavy (non-hydrogen) atoms. The Labute approximate surface area is 270 Å². The van der Waals surface area contributed by atoms with E-state index < -0.39 is 0 Å². The number of hydrogen-bond donors (Lipinski definition) is 0. The number of fused-ring (bicyclic) bond motifs is 2. The van der Waals surface area contributed by atoms with Crippen LogP contribution in [0.4, 0.5) is 11.4 Å². The van der Waals surface area contributed by atoms with Gasteiger partial charge in [0.1, 0.15) is 0 Å². The number of hydrogen-bond acceptors (Lipinski definition) is 4. The molecule has 1 aliphatic rings. The van der Waals surface area contributed by atoms with E-state index in [0.717, 1.165) is 33.6 Å². The smallest absolute Gasteiger partial charge is 0.196 e. The summed E-state index contributed by atoms with van der Waals surface area (Å²) in [5, 5.41) is 0. The number of benzene rings is 6. The third kappa shape index (κ3) is 5.98. The lowest BCUT2D eigenvalue weighted by Gasteiger charge is -2.34. The largest absolute Gasteiger partial charge is 0.362 e. The van der Waals surface area contributed by atoms with Gasteiger partial charge in [-0.05, 0) is 34.4 Å². The van der Waals surface area contributed by atoms with Crippen molar-refractivity contribution in [3.05, 3.63) is 202 Å². The summed E-state index contributed by atoms with van der Waals surface area (Å²) in [5.74, 6) is -0.236. The van der Waals surface area contributed by atoms with Crippen LogP contribution >= 0.6 is 0 Å². The first kappa shape index (κ1) is 29.0. The van der Waals surface area contributed by atoms with Crippen molar-refractivity contribution in [1.82, 2.24) is 0 Å². The highest BCUT2D eigenvalue weighted by Gasteiger charge is 2.36. The van der Waals surface area contributed by atoms with E-state index in [2.05, 4.69) is 58.3 Å². The van der Waals surface area contributed by atoms with Crippen LogP contribution in [0.25, 0.3) is 0 Å². The Hall–Kier alpha value is -5.74. The van der Waals surface area contributed by atoms with Crippen LogP contribution in [0.15, 0.2) is 158 Å². The topological polar surface area (TPSA) is 40.6 Å². The Morgan fingerprint density at radius 3 is 0.870 bits per heavy atom. The minimum Gasteiger partial charge on any atom is -0.362 e. The van der Waals surface area contributed by atoms with Crippen molar-refractivity contribution in [1.29, 1.82) is 0 Å². The summed E-state index contributed by atoms with van der Waals surface area (Å²) >= 11 is 0. The molecule has 0 atom stereocenters.